The van der Waals surface area contributed by atoms with E-state index >= 15 is 0 Å². The van der Waals surface area contributed by atoms with Gasteiger partial charge >= 0.3 is 212 Å². The van der Waals surface area contributed by atoms with E-state index in [9.17, 15) is 14.4 Å². The molecule has 0 aromatic carbocycles. The maximum absolute atomic E-state index is 13.2. The fourth-order valence-corrected chi connectivity index (χ4v) is 7.54. The zero-order valence-corrected chi connectivity index (χ0v) is 22.2. The van der Waals surface area contributed by atoms with E-state index in [0.29, 0.717) is 28.1 Å². The molecule has 1 saturated heterocycles. The molecule has 1 saturated carbocycles. The number of carbonyl (C=O) groups is 3. The molecule has 1 aromatic rings. The zero-order valence-electron chi connectivity index (χ0n) is 20.1. The third-order valence-electron chi connectivity index (χ3n) is 6.34. The van der Waals surface area contributed by atoms with Gasteiger partial charge in [0.05, 0.1) is 0 Å². The fourth-order valence-electron chi connectivity index (χ4n) is 4.68. The number of nitrogens with two attached hydrogens (primary N) is 2. The molecule has 3 rings (SSSR count). The summed E-state index contributed by atoms with van der Waals surface area (Å²) in [6, 6.07) is 1.23. The molecule has 2 heterocycles. The van der Waals surface area contributed by atoms with Gasteiger partial charge in [0.25, 0.3) is 0 Å². The molecular formula is C24H35IN6O3. The molecule has 6 N–H and O–H groups in total. The first-order valence-corrected chi connectivity index (χ1v) is 13.8. The summed E-state index contributed by atoms with van der Waals surface area (Å²) in [7, 11) is 0. The quantitative estimate of drug-likeness (QED) is 0.138. The van der Waals surface area contributed by atoms with Crippen LogP contribution in [0.5, 0.6) is 0 Å². The van der Waals surface area contributed by atoms with Crippen LogP contribution in [0.4, 0.5) is 5.69 Å². The van der Waals surface area contributed by atoms with Crippen LogP contribution >= 0.6 is 0 Å². The van der Waals surface area contributed by atoms with E-state index in [-0.39, 0.29) is 56.7 Å². The molecule has 2 fully saturated rings. The summed E-state index contributed by atoms with van der Waals surface area (Å²) in [4.78, 5) is 43.7. The average molecular weight is 582 g/mol. The van der Waals surface area contributed by atoms with Crippen LogP contribution in [0.1, 0.15) is 52.0 Å². The van der Waals surface area contributed by atoms with E-state index in [1.807, 2.05) is 6.92 Å². The topological polar surface area (TPSA) is 143 Å². The molecule has 2 aliphatic rings. The van der Waals surface area contributed by atoms with E-state index in [0.717, 1.165) is 22.8 Å². The molecule has 2 unspecified atom stereocenters. The van der Waals surface area contributed by atoms with Crippen molar-refractivity contribution in [2.24, 2.45) is 11.1 Å². The van der Waals surface area contributed by atoms with Crippen molar-refractivity contribution in [3.63, 3.8) is 0 Å². The van der Waals surface area contributed by atoms with Gasteiger partial charge < -0.3 is 0 Å². The SMILES string of the molecule is C=C(C)[I-]C1C[C@@H](C(=O)NC2CCC(C)(C)C2)N(C(=O)CNc2cnccc2C(=[NH2+])C(N)=O)C1. The van der Waals surface area contributed by atoms with Crippen LogP contribution < -0.4 is 43.0 Å². The van der Waals surface area contributed by atoms with Crippen molar-refractivity contribution in [1.82, 2.24) is 15.2 Å². The molecule has 34 heavy (non-hydrogen) atoms. The van der Waals surface area contributed by atoms with Gasteiger partial charge in [0.2, 0.25) is 0 Å². The Kier molecular flexibility index (Phi) is 8.32. The summed E-state index contributed by atoms with van der Waals surface area (Å²) in [6.07, 6.45) is 6.64. The van der Waals surface area contributed by atoms with Crippen molar-refractivity contribution in [3.05, 3.63) is 34.2 Å². The number of nitrogens with one attached hydrogen (secondary N) is 2. The second-order valence-electron chi connectivity index (χ2n) is 9.85. The van der Waals surface area contributed by atoms with Gasteiger partial charge in [-0.2, -0.15) is 0 Å². The number of amides is 3. The number of rotatable bonds is 9. The van der Waals surface area contributed by atoms with Crippen LogP contribution in [0.2, 0.25) is 0 Å². The summed E-state index contributed by atoms with van der Waals surface area (Å²) in [6.45, 7) is 11.0. The van der Waals surface area contributed by atoms with Gasteiger partial charge in [-0.1, -0.05) is 0 Å². The number of primary amides is 1. The summed E-state index contributed by atoms with van der Waals surface area (Å²) in [5, 5.41) is 12.0. The third kappa shape index (κ3) is 6.55. The zero-order chi connectivity index (χ0) is 25.0. The van der Waals surface area contributed by atoms with Gasteiger partial charge in [-0.15, -0.1) is 0 Å². The van der Waals surface area contributed by atoms with Crippen molar-refractivity contribution in [2.45, 2.75) is 62.5 Å². The molecule has 1 aliphatic heterocycles. The number of carbonyl (C=O) groups excluding carboxylic acids is 3. The number of anilines is 1. The number of allylic oxidation sites excluding steroid dienone is 1. The summed E-state index contributed by atoms with van der Waals surface area (Å²) < 4.78 is 1.44. The van der Waals surface area contributed by atoms with Crippen LogP contribution in [0, 0.1) is 5.41 Å². The van der Waals surface area contributed by atoms with Gasteiger partial charge in [0, 0.05) is 0 Å². The molecule has 0 spiro atoms. The van der Waals surface area contributed by atoms with Crippen molar-refractivity contribution >= 4 is 29.1 Å². The van der Waals surface area contributed by atoms with Crippen LogP contribution in [0.25, 0.3) is 0 Å². The van der Waals surface area contributed by atoms with Crippen LogP contribution in [0.15, 0.2) is 28.6 Å². The number of nitrogens with zero attached hydrogens (tertiary/aromatic N) is 2. The normalized spacial score (nSPS) is 23.5. The van der Waals surface area contributed by atoms with E-state index in [1.54, 1.807) is 11.0 Å². The average Bonchev–Trinajstić information content (AvgIpc) is 3.33. The van der Waals surface area contributed by atoms with Crippen LogP contribution in [-0.4, -0.2) is 62.4 Å². The number of aromatic nitrogens is 1. The Morgan fingerprint density at radius 3 is 2.74 bits per heavy atom. The minimum atomic E-state index is -0.751. The number of halogens is 1. The first-order chi connectivity index (χ1) is 16.0. The van der Waals surface area contributed by atoms with E-state index in [4.69, 9.17) is 11.1 Å². The second-order valence-corrected chi connectivity index (χ2v) is 14.1. The van der Waals surface area contributed by atoms with E-state index in [1.165, 1.54) is 12.4 Å². The molecule has 186 valence electrons. The first kappa shape index (κ1) is 26.1. The van der Waals surface area contributed by atoms with Crippen molar-refractivity contribution in [2.75, 3.05) is 18.4 Å². The Bertz CT molecular complexity index is 995. The minimum absolute atomic E-state index is 0.0525. The number of alkyl halides is 1. The number of hydrogen-bond acceptors (Lipinski definition) is 5. The van der Waals surface area contributed by atoms with Crippen molar-refractivity contribution < 1.29 is 41.0 Å². The van der Waals surface area contributed by atoms with Crippen molar-refractivity contribution in [1.29, 1.82) is 0 Å². The summed E-state index contributed by atoms with van der Waals surface area (Å²) in [5.74, 6) is -1.01. The second kappa shape index (κ2) is 10.8. The molecule has 3 atom stereocenters. The maximum atomic E-state index is 13.2. The molecule has 0 radical (unpaired) electrons. The van der Waals surface area contributed by atoms with Gasteiger partial charge in [0.15, 0.2) is 0 Å². The van der Waals surface area contributed by atoms with E-state index < -0.39 is 11.9 Å². The van der Waals surface area contributed by atoms with Gasteiger partial charge in [-0.25, -0.2) is 0 Å². The Hall–Kier alpha value is -2.50. The number of likely N-dealkylation sites (tertiary alicyclic amines) is 1. The predicted octanol–water partition coefficient (Wildman–Crippen LogP) is -3.19. The Morgan fingerprint density at radius 1 is 1.38 bits per heavy atom. The Labute approximate surface area is 211 Å². The van der Waals surface area contributed by atoms with Gasteiger partial charge in [-0.05, 0) is 0 Å². The van der Waals surface area contributed by atoms with Crippen molar-refractivity contribution in [3.8, 4) is 0 Å². The van der Waals surface area contributed by atoms with E-state index in [2.05, 4.69) is 36.0 Å². The molecular weight excluding hydrogens is 547 g/mol. The number of pyridine rings is 1. The molecule has 0 bridgehead atoms. The van der Waals surface area contributed by atoms with Gasteiger partial charge in [-0.3, -0.25) is 0 Å². The van der Waals surface area contributed by atoms with Gasteiger partial charge in [0.1, 0.15) is 0 Å². The Morgan fingerprint density at radius 2 is 2.12 bits per heavy atom. The monoisotopic (exact) mass is 582 g/mol. The summed E-state index contributed by atoms with van der Waals surface area (Å²) in [5.41, 5.74) is 6.25. The van der Waals surface area contributed by atoms with Crippen LogP contribution in [0.3, 0.4) is 0 Å². The Balaban J connectivity index is 1.70. The standard InChI is InChI=1S/C24H34IN6O3/c1-14(2)25-15-9-19(23(34)30-16-5-7-24(3,4)10-16)31(13-15)20(32)12-29-18-11-28-8-6-17(18)21(26)22(27)33/h6,8,11,15-16,19,26,29H,1,5,7,9-10,12-13H2,2-4H3,(H2,27,33)(H,30,34)/q-1/p+1/t15?,16?,19-/m0/s1. The molecule has 1 aliphatic carbocycles. The molecule has 1 aromatic heterocycles. The first-order valence-electron chi connectivity index (χ1n) is 11.5. The fraction of sp³-hybridized carbons (Fsp3) is 0.542. The third-order valence-corrected chi connectivity index (χ3v) is 9.18. The van der Waals surface area contributed by atoms with Crippen LogP contribution in [-0.2, 0) is 14.4 Å². The molecule has 10 heteroatoms. The summed E-state index contributed by atoms with van der Waals surface area (Å²) >= 11 is -0.322. The number of hydrogen-bond donors (Lipinski definition) is 4. The predicted molar refractivity (Wildman–Crippen MR) is 126 cm³/mol. The molecule has 3 amide bonds. The molecule has 9 nitrogen and oxygen atoms in total.